The molecular weight excluding hydrogens is 618 g/mol. The molecule has 8 rings (SSSR count). The van der Waals surface area contributed by atoms with Crippen LogP contribution in [0.3, 0.4) is 0 Å². The number of hydrogen-bond donors (Lipinski definition) is 4. The van der Waals surface area contributed by atoms with Crippen LogP contribution in [0.2, 0.25) is 0 Å². The van der Waals surface area contributed by atoms with Crippen molar-refractivity contribution in [2.45, 2.75) is 49.3 Å². The summed E-state index contributed by atoms with van der Waals surface area (Å²) in [6, 6.07) is 19.5. The van der Waals surface area contributed by atoms with Gasteiger partial charge in [-0.25, -0.2) is 4.98 Å². The molecule has 0 saturated carbocycles. The van der Waals surface area contributed by atoms with Crippen molar-refractivity contribution in [3.63, 3.8) is 0 Å². The molecule has 4 aromatic rings. The molecule has 10 nitrogen and oxygen atoms in total. The average molecular weight is 660 g/mol. The van der Waals surface area contributed by atoms with Crippen LogP contribution in [0.5, 0.6) is 11.5 Å². The van der Waals surface area contributed by atoms with Crippen LogP contribution >= 0.6 is 0 Å². The molecule has 0 radical (unpaired) electrons. The second kappa shape index (κ2) is 12.8. The smallest absolute Gasteiger partial charge is 0.251 e. The summed E-state index contributed by atoms with van der Waals surface area (Å²) < 4.78 is 12.8. The molecule has 3 heterocycles. The predicted molar refractivity (Wildman–Crippen MR) is 185 cm³/mol. The third-order valence-electron chi connectivity index (χ3n) is 10.9. The van der Waals surface area contributed by atoms with Gasteiger partial charge in [-0.15, -0.1) is 0 Å². The number of amides is 2. The van der Waals surface area contributed by atoms with Crippen molar-refractivity contribution in [1.29, 1.82) is 0 Å². The molecule has 1 saturated heterocycles. The zero-order valence-corrected chi connectivity index (χ0v) is 27.5. The summed E-state index contributed by atoms with van der Waals surface area (Å²) in [4.78, 5) is 34.9. The highest BCUT2D eigenvalue weighted by atomic mass is 16.5. The van der Waals surface area contributed by atoms with Crippen molar-refractivity contribution in [2.24, 2.45) is 5.92 Å². The van der Waals surface area contributed by atoms with E-state index >= 15 is 0 Å². The summed E-state index contributed by atoms with van der Waals surface area (Å²) in [6.07, 6.45) is 9.82. The second-order valence-electron chi connectivity index (χ2n) is 13.6. The number of rotatable bonds is 11. The van der Waals surface area contributed by atoms with E-state index in [0.717, 1.165) is 42.0 Å². The Balaban J connectivity index is 0.830. The minimum Gasteiger partial charge on any atom is -0.490 e. The van der Waals surface area contributed by atoms with Gasteiger partial charge in [0, 0.05) is 65.5 Å². The number of hydrogen-bond acceptors (Lipinski definition) is 7. The number of ether oxygens (including phenoxy) is 2. The van der Waals surface area contributed by atoms with Crippen LogP contribution in [0.4, 0.5) is 0 Å². The molecule has 2 amide bonds. The summed E-state index contributed by atoms with van der Waals surface area (Å²) in [6.45, 7) is 2.40. The van der Waals surface area contributed by atoms with Crippen LogP contribution in [0.25, 0.3) is 11.1 Å². The fourth-order valence-electron chi connectivity index (χ4n) is 8.36. The van der Waals surface area contributed by atoms with Crippen LogP contribution < -0.4 is 20.1 Å². The van der Waals surface area contributed by atoms with E-state index in [9.17, 15) is 14.7 Å². The molecule has 252 valence electrons. The molecule has 1 aromatic heterocycles. The van der Waals surface area contributed by atoms with Crippen molar-refractivity contribution in [3.05, 3.63) is 113 Å². The Kier molecular flexibility index (Phi) is 8.21. The number of nitrogens with one attached hydrogen (secondary N) is 3. The first kappa shape index (κ1) is 31.3. The number of H-pyrrole nitrogens is 1. The van der Waals surface area contributed by atoms with Crippen LogP contribution in [0.1, 0.15) is 50.4 Å². The van der Waals surface area contributed by atoms with Crippen molar-refractivity contribution < 1.29 is 24.2 Å². The molecule has 49 heavy (non-hydrogen) atoms. The lowest BCUT2D eigenvalue weighted by atomic mass is 9.53. The third-order valence-corrected chi connectivity index (χ3v) is 10.9. The summed E-state index contributed by atoms with van der Waals surface area (Å²) >= 11 is 0. The number of carbonyl (C=O) groups excluding carboxylic acids is 2. The van der Waals surface area contributed by atoms with E-state index in [4.69, 9.17) is 9.47 Å². The lowest BCUT2D eigenvalue weighted by molar-refractivity contribution is -0.0454. The number of carbonyl (C=O) groups is 2. The number of aromatic nitrogens is 2. The largest absolute Gasteiger partial charge is 0.490 e. The number of piperidine rings is 1. The summed E-state index contributed by atoms with van der Waals surface area (Å²) in [5.41, 5.74) is 6.40. The van der Waals surface area contributed by atoms with Crippen LogP contribution in [0, 0.1) is 5.92 Å². The van der Waals surface area contributed by atoms with Gasteiger partial charge in [0.15, 0.2) is 11.5 Å². The van der Waals surface area contributed by atoms with Gasteiger partial charge in [-0.05, 0) is 79.9 Å². The minimum absolute atomic E-state index is 0.123. The number of nitrogens with zero attached hydrogens (tertiary/aromatic N) is 2. The van der Waals surface area contributed by atoms with Gasteiger partial charge in [0.25, 0.3) is 11.8 Å². The predicted octanol–water partition coefficient (Wildman–Crippen LogP) is 4.05. The highest BCUT2D eigenvalue weighted by Gasteiger charge is 2.64. The first-order chi connectivity index (χ1) is 23.9. The minimum atomic E-state index is -0.640. The normalized spacial score (nSPS) is 24.5. The van der Waals surface area contributed by atoms with Gasteiger partial charge in [-0.1, -0.05) is 42.5 Å². The number of benzene rings is 3. The van der Waals surface area contributed by atoms with Gasteiger partial charge < -0.3 is 35.1 Å². The first-order valence-electron chi connectivity index (χ1n) is 17.2. The van der Waals surface area contributed by atoms with E-state index in [1.165, 1.54) is 11.1 Å². The highest BCUT2D eigenvalue weighted by Crippen LogP contribution is 2.62. The molecule has 2 aliphatic carbocycles. The maximum Gasteiger partial charge on any atom is 0.251 e. The van der Waals surface area contributed by atoms with Crippen molar-refractivity contribution in [2.75, 3.05) is 33.3 Å². The first-order valence-corrected chi connectivity index (χ1v) is 17.2. The van der Waals surface area contributed by atoms with E-state index in [2.05, 4.69) is 44.7 Å². The molecule has 3 aromatic carbocycles. The molecule has 2 bridgehead atoms. The molecule has 10 heteroatoms. The fraction of sp³-hybridized carbons (Fsp3) is 0.359. The average Bonchev–Trinajstić information content (AvgIpc) is 3.78. The quantitative estimate of drug-likeness (QED) is 0.141. The monoisotopic (exact) mass is 659 g/mol. The Morgan fingerprint density at radius 3 is 2.41 bits per heavy atom. The number of aromatic amines is 1. The summed E-state index contributed by atoms with van der Waals surface area (Å²) in [5.74, 6) is 1.56. The molecule has 1 fully saturated rings. The van der Waals surface area contributed by atoms with Gasteiger partial charge in [0.2, 0.25) is 0 Å². The van der Waals surface area contributed by atoms with Crippen LogP contribution in [-0.2, 0) is 18.3 Å². The molecule has 4 N–H and O–H groups in total. The Labute approximate surface area is 285 Å². The number of likely N-dealkylation sites (tertiary alicyclic amines) is 1. The van der Waals surface area contributed by atoms with E-state index in [0.29, 0.717) is 61.4 Å². The Morgan fingerprint density at radius 1 is 1.00 bits per heavy atom. The summed E-state index contributed by atoms with van der Waals surface area (Å²) in [7, 11) is 2.20. The lowest BCUT2D eigenvalue weighted by Crippen LogP contribution is -2.64. The van der Waals surface area contributed by atoms with E-state index in [-0.39, 0.29) is 23.3 Å². The standard InChI is InChI=1S/C39H41N5O5/c1-44-19-16-39-30-12-13-32(45)36(39)49-35-33(14-11-28(34(35)39)21-31(30)44)48-20-2-17-41-37(46)26-7-3-24(4-8-26)25-5-9-27(10-6-25)38(47)42-18-15-29-22-40-23-43-29/h3-14,22-23,30-32,36,45H,2,15-21H2,1H3,(H,40,43)(H,41,46)(H,42,47)/t30?,31-,32?,36+,39+/m1/s1. The van der Waals surface area contributed by atoms with Gasteiger partial charge in [-0.3, -0.25) is 9.59 Å². The van der Waals surface area contributed by atoms with Crippen molar-refractivity contribution in [1.82, 2.24) is 25.5 Å². The number of likely N-dealkylation sites (N-methyl/N-ethyl adjacent to an activating group) is 1. The number of aliphatic hydroxyl groups is 1. The Hall–Kier alpha value is -4.93. The van der Waals surface area contributed by atoms with E-state index < -0.39 is 6.10 Å². The van der Waals surface area contributed by atoms with Gasteiger partial charge in [0.05, 0.1) is 12.9 Å². The van der Waals surface area contributed by atoms with E-state index in [1.54, 1.807) is 24.7 Å². The van der Waals surface area contributed by atoms with Gasteiger partial charge in [-0.2, -0.15) is 0 Å². The maximum absolute atomic E-state index is 12.9. The third kappa shape index (κ3) is 5.58. The molecule has 4 aliphatic rings. The lowest BCUT2D eigenvalue weighted by Gasteiger charge is -2.56. The van der Waals surface area contributed by atoms with Crippen molar-refractivity contribution in [3.8, 4) is 22.6 Å². The maximum atomic E-state index is 12.9. The zero-order valence-electron chi connectivity index (χ0n) is 27.5. The molecule has 2 unspecified atom stereocenters. The molecule has 2 aliphatic heterocycles. The van der Waals surface area contributed by atoms with Crippen LogP contribution in [-0.4, -0.2) is 83.3 Å². The second-order valence-corrected chi connectivity index (χ2v) is 13.6. The SMILES string of the molecule is CN1CC[C@]23c4c5ccc(OCCCNC(=O)c6ccc(-c7ccc(C(=O)NCCc8cnc[nH]8)cc7)cc6)c4O[C@H]2C(O)C=CC3[C@H]1C5. The topological polar surface area (TPSA) is 129 Å². The van der Waals surface area contributed by atoms with Gasteiger partial charge >= 0.3 is 0 Å². The number of aliphatic hydroxyl groups excluding tert-OH is 1. The molecular formula is C39H41N5O5. The van der Waals surface area contributed by atoms with Crippen molar-refractivity contribution >= 4 is 11.8 Å². The summed E-state index contributed by atoms with van der Waals surface area (Å²) in [5, 5.41) is 16.9. The molecule has 1 spiro atoms. The molecule has 5 atom stereocenters. The number of imidazole rings is 1. The fourth-order valence-corrected chi connectivity index (χ4v) is 8.36. The van der Waals surface area contributed by atoms with Crippen LogP contribution in [0.15, 0.2) is 85.3 Å². The Morgan fingerprint density at radius 2 is 1.71 bits per heavy atom. The van der Waals surface area contributed by atoms with E-state index in [1.807, 2.05) is 48.5 Å². The van der Waals surface area contributed by atoms with Gasteiger partial charge in [0.1, 0.15) is 12.2 Å². The Bertz CT molecular complexity index is 1870. The zero-order chi connectivity index (χ0) is 33.5. The highest BCUT2D eigenvalue weighted by molar-refractivity contribution is 5.95.